The Hall–Kier alpha value is -2.90. The molecule has 1 aromatic heterocycles. The topological polar surface area (TPSA) is 62.3 Å². The zero-order valence-corrected chi connectivity index (χ0v) is 15.3. The molecular weight excluding hydrogens is 371 g/mol. The highest BCUT2D eigenvalue weighted by atomic mass is 19.4. The molecule has 1 fully saturated rings. The minimum absolute atomic E-state index is 0.136. The third kappa shape index (κ3) is 4.49. The monoisotopic (exact) mass is 391 g/mol. The molecule has 5 nitrogen and oxygen atoms in total. The lowest BCUT2D eigenvalue weighted by Gasteiger charge is -2.31. The number of hydrogen-bond donors (Lipinski definition) is 1. The summed E-state index contributed by atoms with van der Waals surface area (Å²) in [4.78, 5) is 30.7. The maximum Gasteiger partial charge on any atom is 0.416 e. The van der Waals surface area contributed by atoms with Crippen molar-refractivity contribution in [2.24, 2.45) is 5.92 Å². The van der Waals surface area contributed by atoms with E-state index in [2.05, 4.69) is 10.3 Å². The summed E-state index contributed by atoms with van der Waals surface area (Å²) in [5, 5.41) is 2.82. The molecule has 0 saturated carbocycles. The highest BCUT2D eigenvalue weighted by Crippen LogP contribution is 2.29. The van der Waals surface area contributed by atoms with Crippen LogP contribution in [0.15, 0.2) is 42.6 Å². The van der Waals surface area contributed by atoms with Crippen molar-refractivity contribution in [2.45, 2.75) is 25.9 Å². The first-order valence-electron chi connectivity index (χ1n) is 8.94. The number of benzene rings is 1. The third-order valence-electron chi connectivity index (χ3n) is 4.86. The smallest absolute Gasteiger partial charge is 0.339 e. The lowest BCUT2D eigenvalue weighted by atomic mass is 9.95. The Balaban J connectivity index is 1.56. The van der Waals surface area contributed by atoms with Crippen molar-refractivity contribution in [3.63, 3.8) is 0 Å². The van der Waals surface area contributed by atoms with Gasteiger partial charge in [0.1, 0.15) is 5.82 Å². The van der Waals surface area contributed by atoms with Gasteiger partial charge in [-0.05, 0) is 55.7 Å². The van der Waals surface area contributed by atoms with Crippen LogP contribution in [-0.4, -0.2) is 34.8 Å². The van der Waals surface area contributed by atoms with Crippen molar-refractivity contribution < 1.29 is 22.8 Å². The predicted octanol–water partition coefficient (Wildman–Crippen LogP) is 3.90. The molecule has 148 valence electrons. The van der Waals surface area contributed by atoms with Crippen LogP contribution < -0.4 is 5.32 Å². The molecular formula is C20H20F3N3O2. The fourth-order valence-electron chi connectivity index (χ4n) is 3.16. The molecule has 0 radical (unpaired) electrons. The highest BCUT2D eigenvalue weighted by molar-refractivity contribution is 5.95. The number of hydrogen-bond acceptors (Lipinski definition) is 3. The number of nitrogens with one attached hydrogen (secondary N) is 1. The summed E-state index contributed by atoms with van der Waals surface area (Å²) in [5.74, 6) is -0.176. The van der Waals surface area contributed by atoms with Crippen LogP contribution in [0, 0.1) is 12.8 Å². The van der Waals surface area contributed by atoms with Gasteiger partial charge in [-0.25, -0.2) is 4.98 Å². The number of pyridine rings is 1. The first kappa shape index (κ1) is 19.9. The molecule has 1 aliphatic heterocycles. The standard InChI is InChI=1S/C20H20F3N3O2/c1-13-3-2-10-24-17(13)25-18(27)14-8-11-26(12-9-14)19(28)15-4-6-16(7-5-15)20(21,22)23/h2-7,10,14H,8-9,11-12H2,1H3,(H,24,25,27). The van der Waals surface area contributed by atoms with Gasteiger partial charge in [-0.1, -0.05) is 6.07 Å². The fraction of sp³-hybridized carbons (Fsp3) is 0.350. The molecule has 1 aliphatic rings. The first-order chi connectivity index (χ1) is 13.3. The Morgan fingerprint density at radius 1 is 1.11 bits per heavy atom. The van der Waals surface area contributed by atoms with Crippen LogP contribution in [0.25, 0.3) is 0 Å². The zero-order valence-electron chi connectivity index (χ0n) is 15.3. The van der Waals surface area contributed by atoms with Crippen LogP contribution in [0.5, 0.6) is 0 Å². The molecule has 2 amide bonds. The van der Waals surface area contributed by atoms with E-state index in [1.807, 2.05) is 13.0 Å². The van der Waals surface area contributed by atoms with Gasteiger partial charge in [-0.3, -0.25) is 9.59 Å². The first-order valence-corrected chi connectivity index (χ1v) is 8.94. The molecule has 2 heterocycles. The summed E-state index contributed by atoms with van der Waals surface area (Å²) in [6.45, 7) is 2.60. The Labute approximate surface area is 160 Å². The second-order valence-electron chi connectivity index (χ2n) is 6.80. The number of likely N-dealkylation sites (tertiary alicyclic amines) is 1. The van der Waals surface area contributed by atoms with Crippen molar-refractivity contribution in [3.05, 3.63) is 59.3 Å². The average molecular weight is 391 g/mol. The van der Waals surface area contributed by atoms with Gasteiger partial charge in [0.05, 0.1) is 5.56 Å². The van der Waals surface area contributed by atoms with Crippen LogP contribution in [-0.2, 0) is 11.0 Å². The molecule has 0 atom stereocenters. The van der Waals surface area contributed by atoms with Gasteiger partial charge in [0, 0.05) is 30.8 Å². The number of rotatable bonds is 3. The van der Waals surface area contributed by atoms with Crippen LogP contribution in [0.4, 0.5) is 19.0 Å². The van der Waals surface area contributed by atoms with E-state index in [9.17, 15) is 22.8 Å². The number of amides is 2. The number of aromatic nitrogens is 1. The Morgan fingerprint density at radius 2 is 1.75 bits per heavy atom. The Bertz CT molecular complexity index is 858. The van der Waals surface area contributed by atoms with Crippen LogP contribution in [0.3, 0.4) is 0 Å². The molecule has 0 unspecified atom stereocenters. The van der Waals surface area contributed by atoms with E-state index in [-0.39, 0.29) is 23.3 Å². The molecule has 1 saturated heterocycles. The average Bonchev–Trinajstić information content (AvgIpc) is 2.69. The maximum absolute atomic E-state index is 12.6. The van der Waals surface area contributed by atoms with Gasteiger partial charge in [0.15, 0.2) is 0 Å². The molecule has 0 spiro atoms. The number of anilines is 1. The maximum atomic E-state index is 12.6. The molecule has 3 rings (SSSR count). The van der Waals surface area contributed by atoms with Gasteiger partial charge >= 0.3 is 6.18 Å². The van der Waals surface area contributed by atoms with E-state index < -0.39 is 11.7 Å². The number of carbonyl (C=O) groups excluding carboxylic acids is 2. The quantitative estimate of drug-likeness (QED) is 0.863. The van der Waals surface area contributed by atoms with Crippen molar-refractivity contribution in [1.82, 2.24) is 9.88 Å². The third-order valence-corrected chi connectivity index (χ3v) is 4.86. The van der Waals surface area contributed by atoms with Crippen molar-refractivity contribution in [2.75, 3.05) is 18.4 Å². The summed E-state index contributed by atoms with van der Waals surface area (Å²) in [7, 11) is 0. The zero-order chi connectivity index (χ0) is 20.3. The number of piperidine rings is 1. The van der Waals surface area contributed by atoms with Gasteiger partial charge in [0.25, 0.3) is 5.91 Å². The number of carbonyl (C=O) groups is 2. The van der Waals surface area contributed by atoms with Crippen LogP contribution in [0.2, 0.25) is 0 Å². The number of nitrogens with zero attached hydrogens (tertiary/aromatic N) is 2. The molecule has 0 aliphatic carbocycles. The Morgan fingerprint density at radius 3 is 2.32 bits per heavy atom. The van der Waals surface area contributed by atoms with Gasteiger partial charge in [-0.2, -0.15) is 13.2 Å². The molecule has 1 N–H and O–H groups in total. The summed E-state index contributed by atoms with van der Waals surface area (Å²) in [5.41, 5.74) is 0.287. The van der Waals surface area contributed by atoms with Crippen molar-refractivity contribution in [1.29, 1.82) is 0 Å². The number of alkyl halides is 3. The minimum Gasteiger partial charge on any atom is -0.339 e. The summed E-state index contributed by atoms with van der Waals surface area (Å²) < 4.78 is 37.9. The van der Waals surface area contributed by atoms with Gasteiger partial charge in [-0.15, -0.1) is 0 Å². The molecule has 28 heavy (non-hydrogen) atoms. The van der Waals surface area contributed by atoms with E-state index in [1.54, 1.807) is 17.2 Å². The number of halogens is 3. The molecule has 1 aromatic carbocycles. The molecule has 8 heteroatoms. The van der Waals surface area contributed by atoms with Gasteiger partial charge in [0.2, 0.25) is 5.91 Å². The normalized spacial score (nSPS) is 15.4. The summed E-state index contributed by atoms with van der Waals surface area (Å²) in [6.07, 6.45) is -1.85. The molecule has 2 aromatic rings. The van der Waals surface area contributed by atoms with E-state index in [1.165, 1.54) is 12.1 Å². The minimum atomic E-state index is -4.43. The van der Waals surface area contributed by atoms with E-state index in [4.69, 9.17) is 0 Å². The summed E-state index contributed by atoms with van der Waals surface area (Å²) >= 11 is 0. The predicted molar refractivity (Wildman–Crippen MR) is 97.7 cm³/mol. The highest BCUT2D eigenvalue weighted by Gasteiger charge is 2.31. The molecule has 0 bridgehead atoms. The van der Waals surface area contributed by atoms with E-state index >= 15 is 0 Å². The van der Waals surface area contributed by atoms with Gasteiger partial charge < -0.3 is 10.2 Å². The second kappa shape index (κ2) is 8.00. The SMILES string of the molecule is Cc1cccnc1NC(=O)C1CCN(C(=O)c2ccc(C(F)(F)F)cc2)CC1. The largest absolute Gasteiger partial charge is 0.416 e. The lowest BCUT2D eigenvalue weighted by Crippen LogP contribution is -2.41. The van der Waals surface area contributed by atoms with E-state index in [0.717, 1.165) is 17.7 Å². The van der Waals surface area contributed by atoms with E-state index in [0.29, 0.717) is 31.7 Å². The second-order valence-corrected chi connectivity index (χ2v) is 6.80. The van der Waals surface area contributed by atoms with Crippen LogP contribution >= 0.6 is 0 Å². The van der Waals surface area contributed by atoms with Crippen molar-refractivity contribution >= 4 is 17.6 Å². The Kier molecular flexibility index (Phi) is 5.67. The summed E-state index contributed by atoms with van der Waals surface area (Å²) in [6, 6.07) is 7.83. The lowest BCUT2D eigenvalue weighted by molar-refractivity contribution is -0.137. The fourth-order valence-corrected chi connectivity index (χ4v) is 3.16. The van der Waals surface area contributed by atoms with Crippen LogP contribution in [0.1, 0.15) is 34.3 Å². The number of aryl methyl sites for hydroxylation is 1. The van der Waals surface area contributed by atoms with Crippen molar-refractivity contribution in [3.8, 4) is 0 Å².